The first-order valence-electron chi connectivity index (χ1n) is 8.45. The SMILES string of the molecule is CCCCOc1ccc([O-])cc1.CCCCOc1cccc([O-])c1.[Mg+2].[Mg+2]. The van der Waals surface area contributed by atoms with Crippen LogP contribution >= 0.6 is 0 Å². The largest absolute Gasteiger partial charge is 2.00 e. The molecule has 0 unspecified atom stereocenters. The molecule has 0 atom stereocenters. The van der Waals surface area contributed by atoms with Crippen LogP contribution in [0.3, 0.4) is 0 Å². The fourth-order valence-corrected chi connectivity index (χ4v) is 1.77. The summed E-state index contributed by atoms with van der Waals surface area (Å²) in [6.07, 6.45) is 4.32. The molecule has 4 nitrogen and oxygen atoms in total. The normalized spacial score (nSPS) is 9.00. The van der Waals surface area contributed by atoms with Crippen molar-refractivity contribution in [2.45, 2.75) is 39.5 Å². The van der Waals surface area contributed by atoms with Crippen molar-refractivity contribution in [1.29, 1.82) is 0 Å². The fraction of sp³-hybridized carbons (Fsp3) is 0.400. The number of rotatable bonds is 8. The molecule has 132 valence electrons. The maximum atomic E-state index is 10.8. The van der Waals surface area contributed by atoms with E-state index in [0.717, 1.165) is 38.0 Å². The van der Waals surface area contributed by atoms with Gasteiger partial charge in [0.25, 0.3) is 0 Å². The summed E-state index contributed by atoms with van der Waals surface area (Å²) in [6.45, 7) is 5.64. The molecule has 0 radical (unpaired) electrons. The Morgan fingerprint density at radius 2 is 1.23 bits per heavy atom. The van der Waals surface area contributed by atoms with E-state index in [9.17, 15) is 10.2 Å². The Morgan fingerprint density at radius 1 is 0.692 bits per heavy atom. The third kappa shape index (κ3) is 13.4. The summed E-state index contributed by atoms with van der Waals surface area (Å²) < 4.78 is 10.7. The Labute approximate surface area is 189 Å². The predicted octanol–water partition coefficient (Wildman–Crippen LogP) is 3.12. The van der Waals surface area contributed by atoms with Gasteiger partial charge in [0.1, 0.15) is 11.5 Å². The molecule has 0 aliphatic carbocycles. The van der Waals surface area contributed by atoms with Crippen molar-refractivity contribution in [3.05, 3.63) is 48.5 Å². The Hall–Kier alpha value is -0.828. The standard InChI is InChI=1S/2C10H14O2.2Mg/c1-2-3-8-12-10-6-4-9(11)5-7-10;1-2-3-7-12-10-6-4-5-9(11)8-10;;/h4-7,11H,2-3,8H2,1H3;4-6,8,11H,2-3,7H2,1H3;;/q;;2*+2/p-2. The van der Waals surface area contributed by atoms with Crippen molar-refractivity contribution >= 4 is 46.1 Å². The number of hydrogen-bond donors (Lipinski definition) is 0. The summed E-state index contributed by atoms with van der Waals surface area (Å²) in [5.41, 5.74) is 0. The van der Waals surface area contributed by atoms with Gasteiger partial charge in [0.05, 0.1) is 13.2 Å². The van der Waals surface area contributed by atoms with Crippen LogP contribution in [0.15, 0.2) is 48.5 Å². The second kappa shape index (κ2) is 17.6. The zero-order chi connectivity index (χ0) is 17.6. The van der Waals surface area contributed by atoms with Crippen LogP contribution in [0.5, 0.6) is 23.0 Å². The summed E-state index contributed by atoms with van der Waals surface area (Å²) in [4.78, 5) is 0. The van der Waals surface area contributed by atoms with Crippen LogP contribution in [-0.2, 0) is 0 Å². The third-order valence-electron chi connectivity index (χ3n) is 3.16. The molecule has 6 heteroatoms. The monoisotopic (exact) mass is 378 g/mol. The molecule has 0 N–H and O–H groups in total. The molecule has 0 aliphatic heterocycles. The molecule has 0 fully saturated rings. The summed E-state index contributed by atoms with van der Waals surface area (Å²) in [7, 11) is 0. The van der Waals surface area contributed by atoms with Crippen molar-refractivity contribution in [1.82, 2.24) is 0 Å². The molecule has 0 bridgehead atoms. The molecule has 0 saturated carbocycles. The molecule has 0 amide bonds. The van der Waals surface area contributed by atoms with Crippen LogP contribution < -0.4 is 19.7 Å². The van der Waals surface area contributed by atoms with Gasteiger partial charge >= 0.3 is 46.1 Å². The van der Waals surface area contributed by atoms with Crippen molar-refractivity contribution in [2.24, 2.45) is 0 Å². The Balaban J connectivity index is 0. The summed E-state index contributed by atoms with van der Waals surface area (Å²) in [6, 6.07) is 13.0. The molecule has 2 aromatic rings. The van der Waals surface area contributed by atoms with E-state index in [4.69, 9.17) is 9.47 Å². The van der Waals surface area contributed by atoms with Crippen molar-refractivity contribution in [3.8, 4) is 23.0 Å². The van der Waals surface area contributed by atoms with E-state index in [1.807, 2.05) is 0 Å². The van der Waals surface area contributed by atoms with Gasteiger partial charge in [0, 0.05) is 0 Å². The Bertz CT molecular complexity index is 562. The van der Waals surface area contributed by atoms with E-state index in [0.29, 0.717) is 12.4 Å². The molecule has 2 rings (SSSR count). The molecular formula is C20H26Mg2O4+2. The second-order valence-electron chi connectivity index (χ2n) is 5.35. The topological polar surface area (TPSA) is 64.6 Å². The van der Waals surface area contributed by atoms with E-state index in [1.165, 1.54) is 24.3 Å². The van der Waals surface area contributed by atoms with Crippen LogP contribution in [0.4, 0.5) is 0 Å². The van der Waals surface area contributed by atoms with Gasteiger partial charge in [-0.2, -0.15) is 0 Å². The molecule has 0 heterocycles. The maximum Gasteiger partial charge on any atom is 2.00 e. The fourth-order valence-electron chi connectivity index (χ4n) is 1.77. The van der Waals surface area contributed by atoms with Crippen molar-refractivity contribution in [3.63, 3.8) is 0 Å². The first-order valence-corrected chi connectivity index (χ1v) is 8.45. The van der Waals surface area contributed by atoms with Crippen molar-refractivity contribution < 1.29 is 19.7 Å². The van der Waals surface area contributed by atoms with Gasteiger partial charge in [-0.3, -0.25) is 0 Å². The van der Waals surface area contributed by atoms with E-state index in [2.05, 4.69) is 13.8 Å². The van der Waals surface area contributed by atoms with Gasteiger partial charge in [0.2, 0.25) is 0 Å². The van der Waals surface area contributed by atoms with Crippen LogP contribution in [0.2, 0.25) is 0 Å². The van der Waals surface area contributed by atoms with E-state index in [1.54, 1.807) is 24.3 Å². The van der Waals surface area contributed by atoms with Crippen molar-refractivity contribution in [2.75, 3.05) is 13.2 Å². The van der Waals surface area contributed by atoms with Crippen LogP contribution in [0, 0.1) is 0 Å². The summed E-state index contributed by atoms with van der Waals surface area (Å²) >= 11 is 0. The molecule has 2 aromatic carbocycles. The van der Waals surface area contributed by atoms with Crippen LogP contribution in [0.25, 0.3) is 0 Å². The predicted molar refractivity (Wildman–Crippen MR) is 104 cm³/mol. The summed E-state index contributed by atoms with van der Waals surface area (Å²) in [5.74, 6) is 1.49. The quantitative estimate of drug-likeness (QED) is 0.523. The first kappa shape index (κ1) is 27.4. The van der Waals surface area contributed by atoms with Crippen LogP contribution in [0.1, 0.15) is 39.5 Å². The van der Waals surface area contributed by atoms with Gasteiger partial charge < -0.3 is 19.7 Å². The van der Waals surface area contributed by atoms with E-state index < -0.39 is 0 Å². The van der Waals surface area contributed by atoms with Gasteiger partial charge in [-0.05, 0) is 37.1 Å². The number of benzene rings is 2. The minimum atomic E-state index is 0. The molecule has 0 spiro atoms. The van der Waals surface area contributed by atoms with Gasteiger partial charge in [-0.15, -0.1) is 11.5 Å². The third-order valence-corrected chi connectivity index (χ3v) is 3.16. The zero-order valence-corrected chi connectivity index (χ0v) is 18.7. The number of ether oxygens (including phenoxy) is 2. The van der Waals surface area contributed by atoms with E-state index in [-0.39, 0.29) is 57.6 Å². The molecule has 26 heavy (non-hydrogen) atoms. The minimum absolute atomic E-state index is 0. The maximum absolute atomic E-state index is 10.8. The molecule has 0 aromatic heterocycles. The molecular weight excluding hydrogens is 353 g/mol. The number of hydrogen-bond acceptors (Lipinski definition) is 4. The van der Waals surface area contributed by atoms with E-state index >= 15 is 0 Å². The smallest absolute Gasteiger partial charge is 0.872 e. The van der Waals surface area contributed by atoms with Gasteiger partial charge in [-0.25, -0.2) is 0 Å². The Morgan fingerprint density at radius 3 is 1.73 bits per heavy atom. The first-order chi connectivity index (χ1) is 11.7. The zero-order valence-electron chi connectivity index (χ0n) is 15.9. The van der Waals surface area contributed by atoms with Gasteiger partial charge in [0.15, 0.2) is 0 Å². The van der Waals surface area contributed by atoms with Gasteiger partial charge in [-0.1, -0.05) is 51.0 Å². The number of unbranched alkanes of at least 4 members (excludes halogenated alkanes) is 2. The average molecular weight is 379 g/mol. The minimum Gasteiger partial charge on any atom is -0.872 e. The molecule has 0 aliphatic rings. The average Bonchev–Trinajstić information content (AvgIpc) is 2.58. The Kier molecular flexibility index (Phi) is 18.5. The molecule has 0 saturated heterocycles. The van der Waals surface area contributed by atoms with Crippen LogP contribution in [-0.4, -0.2) is 59.3 Å². The second-order valence-corrected chi connectivity index (χ2v) is 5.35. The summed E-state index contributed by atoms with van der Waals surface area (Å²) in [5, 5.41) is 21.5.